The Balaban J connectivity index is 0.00000312. The number of quaternary nitrogens is 1. The number of aromatic hydroxyl groups is 1. The van der Waals surface area contributed by atoms with E-state index in [0.29, 0.717) is 16.7 Å². The molecular formula is C16H24Cl2N4O3. The van der Waals surface area contributed by atoms with Crippen LogP contribution in [0.5, 0.6) is 5.75 Å². The molecule has 1 aliphatic rings. The number of hydrogen-bond acceptors (Lipinski definition) is 4. The minimum atomic E-state index is -0.314. The lowest BCUT2D eigenvalue weighted by Crippen LogP contribution is -3.00. The van der Waals surface area contributed by atoms with Crippen molar-refractivity contribution in [2.45, 2.75) is 6.92 Å². The van der Waals surface area contributed by atoms with E-state index in [4.69, 9.17) is 11.6 Å². The zero-order valence-corrected chi connectivity index (χ0v) is 16.1. The fraction of sp³-hybridized carbons (Fsp3) is 0.500. The second-order valence-electron chi connectivity index (χ2n) is 6.61. The number of likely N-dealkylation sites (N-methyl/N-ethyl adjacent to an activating group) is 2. The van der Waals surface area contributed by atoms with Gasteiger partial charge < -0.3 is 32.6 Å². The lowest BCUT2D eigenvalue weighted by atomic mass is 10.2. The molecule has 0 atom stereocenters. The first-order valence-electron chi connectivity index (χ1n) is 7.80. The second kappa shape index (κ2) is 8.71. The molecule has 1 heterocycles. The Kier molecular flexibility index (Phi) is 7.49. The molecule has 2 rings (SSSR count). The van der Waals surface area contributed by atoms with E-state index in [2.05, 4.69) is 29.6 Å². The van der Waals surface area contributed by atoms with Gasteiger partial charge in [-0.25, -0.2) is 0 Å². The lowest BCUT2D eigenvalue weighted by molar-refractivity contribution is -0.905. The number of piperazine rings is 1. The molecule has 1 aliphatic heterocycles. The molecule has 25 heavy (non-hydrogen) atoms. The first-order chi connectivity index (χ1) is 11.2. The standard InChI is InChI=1S/C16H23ClN4O3.ClH/c1-11(22)18-14-8-12(17)13(9-15(14)23)19-16(24)10-21(3)6-4-20(2)5-7-21;/h8-9H,4-7,10H2,1-3H3,(H2-,18,19,22,23,24);1H. The van der Waals surface area contributed by atoms with E-state index < -0.39 is 0 Å². The molecule has 1 aromatic rings. The van der Waals surface area contributed by atoms with Gasteiger partial charge in [0.2, 0.25) is 5.91 Å². The van der Waals surface area contributed by atoms with E-state index in [1.165, 1.54) is 19.1 Å². The van der Waals surface area contributed by atoms with Gasteiger partial charge in [-0.3, -0.25) is 14.5 Å². The van der Waals surface area contributed by atoms with Crippen molar-refractivity contribution in [1.82, 2.24) is 4.90 Å². The molecule has 3 N–H and O–H groups in total. The van der Waals surface area contributed by atoms with Crippen LogP contribution < -0.4 is 23.0 Å². The predicted molar refractivity (Wildman–Crippen MR) is 94.3 cm³/mol. The highest BCUT2D eigenvalue weighted by molar-refractivity contribution is 6.34. The molecular weight excluding hydrogens is 367 g/mol. The minimum Gasteiger partial charge on any atom is -1.00 e. The van der Waals surface area contributed by atoms with E-state index in [0.717, 1.165) is 26.2 Å². The Morgan fingerprint density at radius 3 is 2.40 bits per heavy atom. The fourth-order valence-electron chi connectivity index (χ4n) is 2.69. The van der Waals surface area contributed by atoms with E-state index >= 15 is 0 Å². The highest BCUT2D eigenvalue weighted by atomic mass is 35.5. The molecule has 1 fully saturated rings. The van der Waals surface area contributed by atoms with Crippen LogP contribution in [0.15, 0.2) is 12.1 Å². The van der Waals surface area contributed by atoms with Crippen molar-refractivity contribution in [2.75, 3.05) is 57.5 Å². The molecule has 9 heteroatoms. The second-order valence-corrected chi connectivity index (χ2v) is 7.01. The van der Waals surface area contributed by atoms with Crippen molar-refractivity contribution in [3.8, 4) is 5.75 Å². The number of carbonyl (C=O) groups is 2. The number of amides is 2. The van der Waals surface area contributed by atoms with E-state index in [1.807, 2.05) is 0 Å². The maximum atomic E-state index is 12.3. The van der Waals surface area contributed by atoms with Gasteiger partial charge in [0.05, 0.1) is 36.5 Å². The predicted octanol–water partition coefficient (Wildman–Crippen LogP) is -1.66. The average molecular weight is 391 g/mol. The first kappa shape index (κ1) is 21.5. The topological polar surface area (TPSA) is 81.7 Å². The summed E-state index contributed by atoms with van der Waals surface area (Å²) in [6.07, 6.45) is 0. The molecule has 1 aromatic carbocycles. The Bertz CT molecular complexity index is 647. The van der Waals surface area contributed by atoms with Crippen LogP contribution >= 0.6 is 11.6 Å². The molecule has 2 amide bonds. The van der Waals surface area contributed by atoms with Crippen molar-refractivity contribution in [3.05, 3.63) is 17.2 Å². The monoisotopic (exact) mass is 390 g/mol. The number of phenols is 1. The molecule has 0 bridgehead atoms. The summed E-state index contributed by atoms with van der Waals surface area (Å²) in [6.45, 7) is 5.41. The highest BCUT2D eigenvalue weighted by Gasteiger charge is 2.30. The molecule has 0 unspecified atom stereocenters. The molecule has 0 spiro atoms. The maximum Gasteiger partial charge on any atom is 0.279 e. The van der Waals surface area contributed by atoms with Crippen LogP contribution in [0.25, 0.3) is 0 Å². The summed E-state index contributed by atoms with van der Waals surface area (Å²) >= 11 is 6.14. The van der Waals surface area contributed by atoms with Crippen LogP contribution in [0.1, 0.15) is 6.92 Å². The van der Waals surface area contributed by atoms with Gasteiger partial charge in [-0.05, 0) is 13.1 Å². The minimum absolute atomic E-state index is 0. The first-order valence-corrected chi connectivity index (χ1v) is 8.18. The molecule has 140 valence electrons. The molecule has 7 nitrogen and oxygen atoms in total. The molecule has 0 saturated carbocycles. The molecule has 0 aliphatic carbocycles. The van der Waals surface area contributed by atoms with E-state index in [9.17, 15) is 14.7 Å². The van der Waals surface area contributed by atoms with E-state index in [1.54, 1.807) is 0 Å². The largest absolute Gasteiger partial charge is 1.00 e. The Morgan fingerprint density at radius 1 is 1.24 bits per heavy atom. The van der Waals surface area contributed by atoms with Crippen LogP contribution in [0.4, 0.5) is 11.4 Å². The van der Waals surface area contributed by atoms with Crippen LogP contribution in [0, 0.1) is 0 Å². The van der Waals surface area contributed by atoms with Crippen molar-refractivity contribution in [2.24, 2.45) is 0 Å². The van der Waals surface area contributed by atoms with Gasteiger partial charge in [-0.15, -0.1) is 0 Å². The van der Waals surface area contributed by atoms with Gasteiger partial charge in [-0.2, -0.15) is 0 Å². The number of benzene rings is 1. The zero-order chi connectivity index (χ0) is 17.9. The quantitative estimate of drug-likeness (QED) is 0.424. The van der Waals surface area contributed by atoms with Crippen LogP contribution in [0.2, 0.25) is 5.02 Å². The number of nitrogens with one attached hydrogen (secondary N) is 2. The van der Waals surface area contributed by atoms with E-state index in [-0.39, 0.29) is 40.7 Å². The third-order valence-electron chi connectivity index (χ3n) is 4.24. The van der Waals surface area contributed by atoms with Crippen molar-refractivity contribution in [1.29, 1.82) is 0 Å². The van der Waals surface area contributed by atoms with Gasteiger partial charge in [0, 0.05) is 26.1 Å². The van der Waals surface area contributed by atoms with Gasteiger partial charge in [0.1, 0.15) is 5.75 Å². The number of halogens is 2. The summed E-state index contributed by atoms with van der Waals surface area (Å²) < 4.78 is 0.670. The molecule has 1 saturated heterocycles. The third kappa shape index (κ3) is 6.04. The number of anilines is 2. The van der Waals surface area contributed by atoms with Crippen LogP contribution in [-0.4, -0.2) is 73.1 Å². The van der Waals surface area contributed by atoms with Crippen LogP contribution in [-0.2, 0) is 9.59 Å². The summed E-state index contributed by atoms with van der Waals surface area (Å²) in [4.78, 5) is 25.7. The number of nitrogens with zero attached hydrogens (tertiary/aromatic N) is 2. The smallest absolute Gasteiger partial charge is 0.279 e. The number of rotatable bonds is 4. The molecule has 0 aromatic heterocycles. The van der Waals surface area contributed by atoms with Gasteiger partial charge in [-0.1, -0.05) is 11.6 Å². The maximum absolute atomic E-state index is 12.3. The summed E-state index contributed by atoms with van der Waals surface area (Å²) in [6, 6.07) is 2.76. The van der Waals surface area contributed by atoms with Gasteiger partial charge >= 0.3 is 0 Å². The Labute approximate surface area is 158 Å². The summed E-state index contributed by atoms with van der Waals surface area (Å²) in [7, 11) is 4.13. The van der Waals surface area contributed by atoms with Gasteiger partial charge in [0.25, 0.3) is 5.91 Å². The number of hydrogen-bond donors (Lipinski definition) is 3. The summed E-state index contributed by atoms with van der Waals surface area (Å²) in [5.41, 5.74) is 0.539. The van der Waals surface area contributed by atoms with Gasteiger partial charge in [0.15, 0.2) is 6.54 Å². The summed E-state index contributed by atoms with van der Waals surface area (Å²) in [5, 5.41) is 15.4. The van der Waals surface area contributed by atoms with Crippen molar-refractivity contribution < 1.29 is 31.6 Å². The number of phenolic OH excluding ortho intramolecular Hbond substituents is 1. The lowest BCUT2D eigenvalue weighted by Gasteiger charge is -2.40. The Morgan fingerprint density at radius 2 is 1.84 bits per heavy atom. The zero-order valence-electron chi connectivity index (χ0n) is 14.6. The van der Waals surface area contributed by atoms with Crippen molar-refractivity contribution >= 4 is 34.8 Å². The van der Waals surface area contributed by atoms with Crippen molar-refractivity contribution in [3.63, 3.8) is 0 Å². The highest BCUT2D eigenvalue weighted by Crippen LogP contribution is 2.33. The SMILES string of the molecule is CC(=O)Nc1cc(Cl)c(NC(=O)C[N+]2(C)CCN(C)CC2)cc1O.[Cl-]. The Hall–Kier alpha value is -1.54. The summed E-state index contributed by atoms with van der Waals surface area (Å²) in [5.74, 6) is -0.619. The molecule has 0 radical (unpaired) electrons. The third-order valence-corrected chi connectivity index (χ3v) is 4.55. The normalized spacial score (nSPS) is 16.6. The van der Waals surface area contributed by atoms with Crippen LogP contribution in [0.3, 0.4) is 0 Å². The number of carbonyl (C=O) groups excluding carboxylic acids is 2. The fourth-order valence-corrected chi connectivity index (χ4v) is 2.90. The average Bonchev–Trinajstić information content (AvgIpc) is 2.47.